The number of ether oxygens (including phenoxy) is 2. The van der Waals surface area contributed by atoms with E-state index in [1.807, 2.05) is 27.7 Å². The summed E-state index contributed by atoms with van der Waals surface area (Å²) >= 11 is 0. The highest BCUT2D eigenvalue weighted by Crippen LogP contribution is 2.07. The van der Waals surface area contributed by atoms with Crippen molar-refractivity contribution in [2.45, 2.75) is 78.4 Å². The molecule has 0 amide bonds. The second-order valence-electron chi connectivity index (χ2n) is 4.62. The zero-order valence-electron chi connectivity index (χ0n) is 12.0. The maximum atomic E-state index is 11.3. The fourth-order valence-electron chi connectivity index (χ4n) is 1.27. The van der Waals surface area contributed by atoms with Crippen molar-refractivity contribution >= 4 is 11.9 Å². The molecule has 4 nitrogen and oxygen atoms in total. The van der Waals surface area contributed by atoms with Gasteiger partial charge >= 0.3 is 11.9 Å². The summed E-state index contributed by atoms with van der Waals surface area (Å²) < 4.78 is 10.3. The molecule has 0 rings (SSSR count). The third-order valence-corrected chi connectivity index (χ3v) is 2.83. The first-order valence-corrected chi connectivity index (χ1v) is 6.88. The largest absolute Gasteiger partial charge is 0.463 e. The molecule has 0 aliphatic rings. The molecule has 0 aliphatic heterocycles. The maximum absolute atomic E-state index is 11.3. The molecular weight excluding hydrogens is 232 g/mol. The van der Waals surface area contributed by atoms with E-state index < -0.39 is 0 Å². The molecule has 106 valence electrons. The van der Waals surface area contributed by atoms with E-state index in [9.17, 15) is 9.59 Å². The standard InChI is InChI=1S/C14H26O4/c1-5-11(3)17-13(15)9-7-8-10-14(16)18-12(4)6-2/h11-12H,5-10H2,1-4H3/t11-,12-/m1/s1. The fraction of sp³-hybridized carbons (Fsp3) is 0.857. The Balaban J connectivity index is 3.55. The molecule has 0 aromatic carbocycles. The van der Waals surface area contributed by atoms with Crippen LogP contribution in [-0.2, 0) is 19.1 Å². The van der Waals surface area contributed by atoms with Crippen molar-refractivity contribution in [3.63, 3.8) is 0 Å². The first kappa shape index (κ1) is 16.9. The van der Waals surface area contributed by atoms with E-state index in [2.05, 4.69) is 0 Å². The molecule has 0 unspecified atom stereocenters. The highest BCUT2D eigenvalue weighted by Gasteiger charge is 2.10. The number of hydrogen-bond donors (Lipinski definition) is 0. The quantitative estimate of drug-likeness (QED) is 0.470. The van der Waals surface area contributed by atoms with Gasteiger partial charge in [-0.1, -0.05) is 13.8 Å². The summed E-state index contributed by atoms with van der Waals surface area (Å²) in [6.45, 7) is 7.70. The third-order valence-electron chi connectivity index (χ3n) is 2.83. The predicted octanol–water partition coefficient (Wildman–Crippen LogP) is 3.23. The summed E-state index contributed by atoms with van der Waals surface area (Å²) in [6.07, 6.45) is 3.71. The normalized spacial score (nSPS) is 13.8. The van der Waals surface area contributed by atoms with Crippen LogP contribution < -0.4 is 0 Å². The zero-order chi connectivity index (χ0) is 14.0. The molecule has 0 fully saturated rings. The Labute approximate surface area is 110 Å². The Kier molecular flexibility index (Phi) is 9.33. The van der Waals surface area contributed by atoms with Crippen LogP contribution in [0.3, 0.4) is 0 Å². The lowest BCUT2D eigenvalue weighted by molar-refractivity contribution is -0.150. The Morgan fingerprint density at radius 1 is 0.833 bits per heavy atom. The fourth-order valence-corrected chi connectivity index (χ4v) is 1.27. The van der Waals surface area contributed by atoms with Crippen LogP contribution in [0.15, 0.2) is 0 Å². The van der Waals surface area contributed by atoms with Crippen LogP contribution in [-0.4, -0.2) is 24.1 Å². The summed E-state index contributed by atoms with van der Waals surface area (Å²) in [5.74, 6) is -0.362. The van der Waals surface area contributed by atoms with Gasteiger partial charge in [-0.05, 0) is 39.5 Å². The van der Waals surface area contributed by atoms with Crippen LogP contribution in [0.4, 0.5) is 0 Å². The molecule has 0 radical (unpaired) electrons. The minimum Gasteiger partial charge on any atom is -0.463 e. The second kappa shape index (κ2) is 9.92. The lowest BCUT2D eigenvalue weighted by atomic mass is 10.2. The Morgan fingerprint density at radius 2 is 1.17 bits per heavy atom. The van der Waals surface area contributed by atoms with Crippen LogP contribution in [0.5, 0.6) is 0 Å². The molecule has 0 aromatic rings. The first-order valence-electron chi connectivity index (χ1n) is 6.88. The smallest absolute Gasteiger partial charge is 0.306 e. The van der Waals surface area contributed by atoms with Crippen molar-refractivity contribution in [3.05, 3.63) is 0 Å². The van der Waals surface area contributed by atoms with Crippen molar-refractivity contribution in [1.82, 2.24) is 0 Å². The van der Waals surface area contributed by atoms with Gasteiger partial charge in [-0.2, -0.15) is 0 Å². The van der Waals surface area contributed by atoms with E-state index in [4.69, 9.17) is 9.47 Å². The molecule has 0 N–H and O–H groups in total. The van der Waals surface area contributed by atoms with Crippen LogP contribution in [0, 0.1) is 0 Å². The molecule has 4 heteroatoms. The number of carbonyl (C=O) groups is 2. The first-order chi connectivity index (χ1) is 8.49. The van der Waals surface area contributed by atoms with Crippen LogP contribution in [0.25, 0.3) is 0 Å². The number of rotatable bonds is 9. The lowest BCUT2D eigenvalue weighted by Crippen LogP contribution is -2.15. The van der Waals surface area contributed by atoms with E-state index in [1.54, 1.807) is 0 Å². The Hall–Kier alpha value is -1.06. The van der Waals surface area contributed by atoms with E-state index in [0.717, 1.165) is 12.8 Å². The number of unbranched alkanes of at least 4 members (excludes halogenated alkanes) is 1. The summed E-state index contributed by atoms with van der Waals surface area (Å²) in [4.78, 5) is 22.7. The van der Waals surface area contributed by atoms with Gasteiger partial charge in [0.1, 0.15) is 0 Å². The minimum absolute atomic E-state index is 0.0205. The van der Waals surface area contributed by atoms with Crippen molar-refractivity contribution < 1.29 is 19.1 Å². The van der Waals surface area contributed by atoms with Gasteiger partial charge in [0.15, 0.2) is 0 Å². The van der Waals surface area contributed by atoms with E-state index in [-0.39, 0.29) is 24.1 Å². The van der Waals surface area contributed by atoms with Crippen LogP contribution >= 0.6 is 0 Å². The van der Waals surface area contributed by atoms with Crippen LogP contribution in [0.1, 0.15) is 66.2 Å². The summed E-state index contributed by atoms with van der Waals surface area (Å²) in [5.41, 5.74) is 0. The zero-order valence-corrected chi connectivity index (χ0v) is 12.0. The summed E-state index contributed by atoms with van der Waals surface area (Å²) in [5, 5.41) is 0. The number of hydrogen-bond acceptors (Lipinski definition) is 4. The monoisotopic (exact) mass is 258 g/mol. The van der Waals surface area contributed by atoms with Crippen molar-refractivity contribution in [3.8, 4) is 0 Å². The molecule has 0 bridgehead atoms. The van der Waals surface area contributed by atoms with Crippen molar-refractivity contribution in [2.75, 3.05) is 0 Å². The van der Waals surface area contributed by atoms with Crippen molar-refractivity contribution in [1.29, 1.82) is 0 Å². The van der Waals surface area contributed by atoms with Gasteiger partial charge < -0.3 is 9.47 Å². The average molecular weight is 258 g/mol. The third kappa shape index (κ3) is 9.02. The molecule has 0 saturated heterocycles. The maximum Gasteiger partial charge on any atom is 0.306 e. The number of esters is 2. The molecule has 2 atom stereocenters. The highest BCUT2D eigenvalue weighted by atomic mass is 16.5. The SMILES string of the molecule is CC[C@@H](C)OC(=O)CCCCC(=O)O[C@H](C)CC. The summed E-state index contributed by atoms with van der Waals surface area (Å²) in [6, 6.07) is 0. The second-order valence-corrected chi connectivity index (χ2v) is 4.62. The van der Waals surface area contributed by atoms with Gasteiger partial charge in [0.05, 0.1) is 12.2 Å². The molecular formula is C14H26O4. The van der Waals surface area contributed by atoms with Gasteiger partial charge in [-0.25, -0.2) is 0 Å². The number of carbonyl (C=O) groups excluding carboxylic acids is 2. The molecule has 18 heavy (non-hydrogen) atoms. The molecule has 0 spiro atoms. The predicted molar refractivity (Wildman–Crippen MR) is 70.2 cm³/mol. The molecule has 0 aliphatic carbocycles. The van der Waals surface area contributed by atoms with E-state index in [0.29, 0.717) is 25.7 Å². The van der Waals surface area contributed by atoms with Gasteiger partial charge in [0.2, 0.25) is 0 Å². The van der Waals surface area contributed by atoms with E-state index >= 15 is 0 Å². The molecule has 0 heterocycles. The van der Waals surface area contributed by atoms with Gasteiger partial charge in [0.25, 0.3) is 0 Å². The van der Waals surface area contributed by atoms with Gasteiger partial charge in [0, 0.05) is 12.8 Å². The Morgan fingerprint density at radius 3 is 1.44 bits per heavy atom. The highest BCUT2D eigenvalue weighted by molar-refractivity contribution is 5.70. The van der Waals surface area contributed by atoms with Gasteiger partial charge in [-0.15, -0.1) is 0 Å². The molecule has 0 aromatic heterocycles. The van der Waals surface area contributed by atoms with Crippen LogP contribution in [0.2, 0.25) is 0 Å². The minimum atomic E-state index is -0.181. The Bertz CT molecular complexity index is 224. The molecule has 0 saturated carbocycles. The van der Waals surface area contributed by atoms with E-state index in [1.165, 1.54) is 0 Å². The topological polar surface area (TPSA) is 52.6 Å². The van der Waals surface area contributed by atoms with Gasteiger partial charge in [-0.3, -0.25) is 9.59 Å². The van der Waals surface area contributed by atoms with Crippen molar-refractivity contribution in [2.24, 2.45) is 0 Å². The average Bonchev–Trinajstić information content (AvgIpc) is 2.34. The summed E-state index contributed by atoms with van der Waals surface area (Å²) in [7, 11) is 0. The lowest BCUT2D eigenvalue weighted by Gasteiger charge is -2.11.